The first-order chi connectivity index (χ1) is 20.5. The van der Waals surface area contributed by atoms with Gasteiger partial charge in [-0.1, -0.05) is 67.9 Å². The number of esters is 1. The van der Waals surface area contributed by atoms with Gasteiger partial charge in [-0.3, -0.25) is 9.59 Å². The van der Waals surface area contributed by atoms with Crippen LogP contribution in [0.4, 0.5) is 0 Å². The van der Waals surface area contributed by atoms with Gasteiger partial charge in [-0.2, -0.15) is 9.78 Å². The molecule has 0 fully saturated rings. The number of nitrogens with zero attached hydrogens (tertiary/aromatic N) is 3. The van der Waals surface area contributed by atoms with Crippen LogP contribution in [0.15, 0.2) is 79.0 Å². The van der Waals surface area contributed by atoms with Gasteiger partial charge in [0.25, 0.3) is 5.91 Å². The molecule has 224 valence electrons. The second-order valence-electron chi connectivity index (χ2n) is 10.3. The van der Waals surface area contributed by atoms with Gasteiger partial charge in [0.15, 0.2) is 11.5 Å². The number of carboxylic acids is 1. The average molecular weight is 606 g/mol. The molecule has 0 radical (unpaired) electrons. The summed E-state index contributed by atoms with van der Waals surface area (Å²) in [4.78, 5) is 42.0. The second-order valence-corrected chi connectivity index (χ2v) is 10.8. The maximum Gasteiger partial charge on any atom is 0.345 e. The fraction of sp³-hybridized carbons (Fsp3) is 0.258. The number of hydrogen-bond donors (Lipinski definition) is 4. The Kier molecular flexibility index (Phi) is 10.1. The Morgan fingerprint density at radius 3 is 2.40 bits per heavy atom. The van der Waals surface area contributed by atoms with Crippen molar-refractivity contribution >= 4 is 29.4 Å². The Bertz CT molecular complexity index is 1580. The Balaban J connectivity index is 1.57. The molecule has 0 aliphatic heterocycles. The molecule has 1 amide bonds. The lowest BCUT2D eigenvalue weighted by atomic mass is 9.97. The molecule has 0 aliphatic rings. The van der Waals surface area contributed by atoms with Gasteiger partial charge in [-0.25, -0.2) is 9.78 Å². The van der Waals surface area contributed by atoms with Crippen LogP contribution in [0.25, 0.3) is 16.9 Å². The summed E-state index contributed by atoms with van der Waals surface area (Å²) >= 11 is 6.13. The standard InChI is InChI=1S/C31H32ClN5O6/c1-18(2)28(33)31(42)43-25(30(40)41)16-23(14-19-9-11-20(12-10-19)21-6-5-7-22(32)15-21)35-29(39)24-17-27(38)37(36-24)26-8-3-4-13-34-26/h3-13,15,17-18,23,25,28,38H,14,16,33H2,1-2H3,(H,35,39)(H,40,41)/t23-,25-,28+/m1/s1. The van der Waals surface area contributed by atoms with Crippen LogP contribution in [0, 0.1) is 5.92 Å². The number of carboxylic acid groups (broad SMARTS) is 1. The molecule has 0 spiro atoms. The molecule has 11 nitrogen and oxygen atoms in total. The summed E-state index contributed by atoms with van der Waals surface area (Å²) < 4.78 is 6.37. The zero-order valence-electron chi connectivity index (χ0n) is 23.6. The van der Waals surface area contributed by atoms with E-state index in [-0.39, 0.29) is 30.3 Å². The molecule has 0 saturated heterocycles. The normalized spacial score (nSPS) is 13.2. The Hall–Kier alpha value is -4.74. The SMILES string of the molecule is CC(C)[C@H](N)C(=O)O[C@H](C[C@@H](Cc1ccc(-c2cccc(Cl)c2)cc1)NC(=O)c1cc(O)n(-c2ccccn2)n1)C(=O)O. The summed E-state index contributed by atoms with van der Waals surface area (Å²) in [6, 6.07) is 19.3. The molecule has 12 heteroatoms. The summed E-state index contributed by atoms with van der Waals surface area (Å²) in [5, 5.41) is 27.8. The number of rotatable bonds is 12. The van der Waals surface area contributed by atoms with Crippen LogP contribution in [-0.2, 0) is 20.7 Å². The van der Waals surface area contributed by atoms with Crippen molar-refractivity contribution < 1.29 is 29.3 Å². The quantitative estimate of drug-likeness (QED) is 0.174. The van der Waals surface area contributed by atoms with Crippen molar-refractivity contribution in [3.8, 4) is 22.8 Å². The van der Waals surface area contributed by atoms with E-state index in [2.05, 4.69) is 15.4 Å². The molecule has 0 aliphatic carbocycles. The van der Waals surface area contributed by atoms with Gasteiger partial charge in [-0.05, 0) is 53.3 Å². The monoisotopic (exact) mass is 605 g/mol. The number of carbonyl (C=O) groups excluding carboxylic acids is 2. The van der Waals surface area contributed by atoms with E-state index < -0.39 is 36.0 Å². The minimum atomic E-state index is -1.58. The van der Waals surface area contributed by atoms with E-state index in [0.717, 1.165) is 21.4 Å². The zero-order valence-corrected chi connectivity index (χ0v) is 24.3. The lowest BCUT2D eigenvalue weighted by Gasteiger charge is -2.24. The molecule has 0 bridgehead atoms. The maximum atomic E-state index is 13.3. The molecule has 5 N–H and O–H groups in total. The number of hydrogen-bond acceptors (Lipinski definition) is 8. The number of nitrogens with one attached hydrogen (secondary N) is 1. The van der Waals surface area contributed by atoms with Crippen molar-refractivity contribution in [2.45, 2.75) is 44.9 Å². The first-order valence-electron chi connectivity index (χ1n) is 13.6. The summed E-state index contributed by atoms with van der Waals surface area (Å²) in [6.07, 6.45) is -0.109. The van der Waals surface area contributed by atoms with Crippen molar-refractivity contribution in [1.82, 2.24) is 20.1 Å². The number of carbonyl (C=O) groups is 3. The lowest BCUT2D eigenvalue weighted by Crippen LogP contribution is -2.45. The minimum absolute atomic E-state index is 0.116. The number of ether oxygens (including phenoxy) is 1. The van der Waals surface area contributed by atoms with E-state index in [1.54, 1.807) is 38.1 Å². The number of aliphatic carboxylic acids is 1. The number of benzene rings is 2. The highest BCUT2D eigenvalue weighted by Gasteiger charge is 2.31. The highest BCUT2D eigenvalue weighted by Crippen LogP contribution is 2.24. The summed E-state index contributed by atoms with van der Waals surface area (Å²) in [5.74, 6) is -3.17. The third kappa shape index (κ3) is 8.18. The van der Waals surface area contributed by atoms with E-state index in [4.69, 9.17) is 22.1 Å². The van der Waals surface area contributed by atoms with E-state index >= 15 is 0 Å². The molecule has 3 atom stereocenters. The maximum absolute atomic E-state index is 13.3. The van der Waals surface area contributed by atoms with Crippen LogP contribution in [-0.4, -0.2) is 61.0 Å². The molecule has 0 saturated carbocycles. The molecular formula is C31H32ClN5O6. The molecular weight excluding hydrogens is 574 g/mol. The first-order valence-corrected chi connectivity index (χ1v) is 13.9. The second kappa shape index (κ2) is 14.0. The third-order valence-electron chi connectivity index (χ3n) is 6.74. The molecule has 2 aromatic heterocycles. The molecule has 43 heavy (non-hydrogen) atoms. The number of pyridine rings is 1. The van der Waals surface area contributed by atoms with Gasteiger partial charge in [-0.15, -0.1) is 0 Å². The van der Waals surface area contributed by atoms with Gasteiger partial charge < -0.3 is 26.0 Å². The number of nitrogens with two attached hydrogens (primary N) is 1. The van der Waals surface area contributed by atoms with E-state index in [1.807, 2.05) is 42.5 Å². The van der Waals surface area contributed by atoms with Gasteiger partial charge in [0, 0.05) is 29.7 Å². The summed E-state index contributed by atoms with van der Waals surface area (Å²) in [5.41, 5.74) is 8.38. The topological polar surface area (TPSA) is 170 Å². The molecule has 2 aromatic carbocycles. The molecule has 4 rings (SSSR count). The van der Waals surface area contributed by atoms with Crippen LogP contribution in [0.1, 0.15) is 36.3 Å². The summed E-state index contributed by atoms with van der Waals surface area (Å²) in [7, 11) is 0. The van der Waals surface area contributed by atoms with Crippen LogP contribution in [0.3, 0.4) is 0 Å². The Morgan fingerprint density at radius 2 is 1.77 bits per heavy atom. The number of amides is 1. The predicted molar refractivity (Wildman–Crippen MR) is 160 cm³/mol. The van der Waals surface area contributed by atoms with Crippen LogP contribution in [0.2, 0.25) is 5.02 Å². The van der Waals surface area contributed by atoms with E-state index in [1.165, 1.54) is 12.3 Å². The minimum Gasteiger partial charge on any atom is -0.493 e. The molecule has 0 unspecified atom stereocenters. The number of halogens is 1. The smallest absolute Gasteiger partial charge is 0.345 e. The van der Waals surface area contributed by atoms with Crippen molar-refractivity contribution in [3.05, 3.63) is 95.3 Å². The fourth-order valence-electron chi connectivity index (χ4n) is 4.32. The first kappa shape index (κ1) is 31.2. The van der Waals surface area contributed by atoms with E-state index in [0.29, 0.717) is 10.8 Å². The Morgan fingerprint density at radius 1 is 1.02 bits per heavy atom. The predicted octanol–water partition coefficient (Wildman–Crippen LogP) is 4.00. The van der Waals surface area contributed by atoms with Gasteiger partial charge in [0.05, 0.1) is 0 Å². The zero-order chi connectivity index (χ0) is 31.1. The van der Waals surface area contributed by atoms with E-state index in [9.17, 15) is 24.6 Å². The third-order valence-corrected chi connectivity index (χ3v) is 6.98. The lowest BCUT2D eigenvalue weighted by molar-refractivity contribution is -0.166. The highest BCUT2D eigenvalue weighted by molar-refractivity contribution is 6.30. The van der Waals surface area contributed by atoms with Crippen molar-refractivity contribution in [3.63, 3.8) is 0 Å². The largest absolute Gasteiger partial charge is 0.493 e. The number of aromatic nitrogens is 3. The van der Waals surface area contributed by atoms with Crippen LogP contribution < -0.4 is 11.1 Å². The van der Waals surface area contributed by atoms with Crippen molar-refractivity contribution in [1.29, 1.82) is 0 Å². The van der Waals surface area contributed by atoms with Crippen LogP contribution >= 0.6 is 11.6 Å². The summed E-state index contributed by atoms with van der Waals surface area (Å²) in [6.45, 7) is 3.44. The molecule has 4 aromatic rings. The Labute approximate surface area is 253 Å². The van der Waals surface area contributed by atoms with Gasteiger partial charge >= 0.3 is 11.9 Å². The number of aromatic hydroxyl groups is 1. The van der Waals surface area contributed by atoms with Gasteiger partial charge in [0.1, 0.15) is 6.04 Å². The highest BCUT2D eigenvalue weighted by atomic mass is 35.5. The van der Waals surface area contributed by atoms with Crippen molar-refractivity contribution in [2.24, 2.45) is 11.7 Å². The average Bonchev–Trinajstić information content (AvgIpc) is 3.38. The van der Waals surface area contributed by atoms with Crippen LogP contribution in [0.5, 0.6) is 5.88 Å². The molecule has 2 heterocycles. The van der Waals surface area contributed by atoms with Gasteiger partial charge in [0.2, 0.25) is 12.0 Å². The van der Waals surface area contributed by atoms with Crippen molar-refractivity contribution in [2.75, 3.05) is 0 Å². The fourth-order valence-corrected chi connectivity index (χ4v) is 4.51.